The number of hydrogen-bond acceptors (Lipinski definition) is 4. The molecule has 24 heavy (non-hydrogen) atoms. The van der Waals surface area contributed by atoms with E-state index in [1.165, 1.54) is 11.1 Å². The number of benzene rings is 1. The molecule has 0 aliphatic carbocycles. The number of ether oxygens (including phenoxy) is 2. The molecule has 1 aromatic carbocycles. The summed E-state index contributed by atoms with van der Waals surface area (Å²) in [6, 6.07) is 8.74. The zero-order valence-electron chi connectivity index (χ0n) is 14.7. The predicted molar refractivity (Wildman–Crippen MR) is 93.1 cm³/mol. The Hall–Kier alpha value is -1.72. The lowest BCUT2D eigenvalue weighted by atomic mass is 10.00. The molecule has 1 aromatic heterocycles. The van der Waals surface area contributed by atoms with Crippen LogP contribution in [0.5, 0.6) is 0 Å². The SMILES string of the molecule is CCOCc1nc(C2CCOCC2)nn1Cc1ccc(CC)cc1. The van der Waals surface area contributed by atoms with Gasteiger partial charge in [-0.25, -0.2) is 9.67 Å². The number of aryl methyl sites for hydroxylation is 1. The van der Waals surface area contributed by atoms with Crippen molar-refractivity contribution in [2.24, 2.45) is 0 Å². The normalized spacial score (nSPS) is 15.8. The highest BCUT2D eigenvalue weighted by molar-refractivity contribution is 5.22. The molecular formula is C19H27N3O2. The summed E-state index contributed by atoms with van der Waals surface area (Å²) in [5, 5.41) is 4.79. The Kier molecular flexibility index (Phi) is 5.99. The molecule has 1 aliphatic rings. The monoisotopic (exact) mass is 329 g/mol. The van der Waals surface area contributed by atoms with Crippen molar-refractivity contribution in [2.75, 3.05) is 19.8 Å². The Morgan fingerprint density at radius 3 is 2.50 bits per heavy atom. The Morgan fingerprint density at radius 1 is 1.12 bits per heavy atom. The summed E-state index contributed by atoms with van der Waals surface area (Å²) in [5.74, 6) is 2.26. The van der Waals surface area contributed by atoms with Gasteiger partial charge in [0.1, 0.15) is 6.61 Å². The lowest BCUT2D eigenvalue weighted by Gasteiger charge is -2.18. The van der Waals surface area contributed by atoms with Gasteiger partial charge >= 0.3 is 0 Å². The van der Waals surface area contributed by atoms with Crippen molar-refractivity contribution in [3.05, 3.63) is 47.0 Å². The van der Waals surface area contributed by atoms with Crippen molar-refractivity contribution >= 4 is 0 Å². The molecule has 2 aromatic rings. The predicted octanol–water partition coefficient (Wildman–Crippen LogP) is 3.32. The molecule has 5 heteroatoms. The zero-order valence-corrected chi connectivity index (χ0v) is 14.7. The van der Waals surface area contributed by atoms with Crippen LogP contribution in [0.4, 0.5) is 0 Å². The number of aromatic nitrogens is 3. The van der Waals surface area contributed by atoms with E-state index in [0.29, 0.717) is 19.1 Å². The summed E-state index contributed by atoms with van der Waals surface area (Å²) >= 11 is 0. The van der Waals surface area contributed by atoms with Crippen LogP contribution in [0.1, 0.15) is 55.4 Å². The van der Waals surface area contributed by atoms with Crippen LogP contribution in [0.15, 0.2) is 24.3 Å². The fourth-order valence-corrected chi connectivity index (χ4v) is 3.00. The van der Waals surface area contributed by atoms with Crippen molar-refractivity contribution in [1.29, 1.82) is 0 Å². The quantitative estimate of drug-likeness (QED) is 0.782. The molecule has 0 unspecified atom stereocenters. The van der Waals surface area contributed by atoms with Gasteiger partial charge in [0.25, 0.3) is 0 Å². The maximum atomic E-state index is 5.59. The van der Waals surface area contributed by atoms with Gasteiger partial charge in [0, 0.05) is 25.7 Å². The third-order valence-electron chi connectivity index (χ3n) is 4.55. The summed E-state index contributed by atoms with van der Waals surface area (Å²) in [6.45, 7) is 7.72. The molecule has 0 radical (unpaired) electrons. The molecule has 0 N–H and O–H groups in total. The summed E-state index contributed by atoms with van der Waals surface area (Å²) in [6.07, 6.45) is 3.07. The van der Waals surface area contributed by atoms with Gasteiger partial charge in [-0.3, -0.25) is 0 Å². The highest BCUT2D eigenvalue weighted by Crippen LogP contribution is 2.24. The Labute approximate surface area is 144 Å². The van der Waals surface area contributed by atoms with Crippen LogP contribution < -0.4 is 0 Å². The van der Waals surface area contributed by atoms with E-state index in [4.69, 9.17) is 19.6 Å². The van der Waals surface area contributed by atoms with Gasteiger partial charge in [-0.2, -0.15) is 5.10 Å². The molecule has 0 atom stereocenters. The van der Waals surface area contributed by atoms with Crippen LogP contribution >= 0.6 is 0 Å². The summed E-state index contributed by atoms with van der Waals surface area (Å²) in [4.78, 5) is 4.77. The molecule has 0 saturated carbocycles. The molecule has 0 bridgehead atoms. The average Bonchev–Trinajstić information content (AvgIpc) is 3.04. The molecule has 130 valence electrons. The third kappa shape index (κ3) is 4.22. The first-order valence-electron chi connectivity index (χ1n) is 8.97. The lowest BCUT2D eigenvalue weighted by molar-refractivity contribution is 0.0835. The summed E-state index contributed by atoms with van der Waals surface area (Å²) < 4.78 is 13.0. The standard InChI is InChI=1S/C19H27N3O2/c1-3-15-5-7-16(8-6-15)13-22-18(14-23-4-2)20-19(21-22)17-9-11-24-12-10-17/h5-8,17H,3-4,9-14H2,1-2H3. The first-order chi connectivity index (χ1) is 11.8. The van der Waals surface area contributed by atoms with E-state index in [2.05, 4.69) is 31.2 Å². The lowest BCUT2D eigenvalue weighted by Crippen LogP contribution is -2.15. The minimum Gasteiger partial charge on any atom is -0.381 e. The molecule has 1 saturated heterocycles. The van der Waals surface area contributed by atoms with Gasteiger partial charge < -0.3 is 9.47 Å². The van der Waals surface area contributed by atoms with Crippen molar-refractivity contribution in [1.82, 2.24) is 14.8 Å². The Balaban J connectivity index is 1.79. The second kappa shape index (κ2) is 8.40. The largest absolute Gasteiger partial charge is 0.381 e. The molecule has 0 spiro atoms. The maximum absolute atomic E-state index is 5.59. The molecule has 2 heterocycles. The molecule has 1 aliphatic heterocycles. The van der Waals surface area contributed by atoms with Crippen molar-refractivity contribution in [2.45, 2.75) is 52.2 Å². The number of rotatable bonds is 7. The third-order valence-corrected chi connectivity index (χ3v) is 4.55. The van der Waals surface area contributed by atoms with E-state index in [-0.39, 0.29) is 0 Å². The van der Waals surface area contributed by atoms with Crippen LogP contribution in [0, 0.1) is 0 Å². The molecule has 1 fully saturated rings. The maximum Gasteiger partial charge on any atom is 0.154 e. The van der Waals surface area contributed by atoms with Gasteiger partial charge in [-0.05, 0) is 37.3 Å². The van der Waals surface area contributed by atoms with E-state index in [1.807, 2.05) is 11.6 Å². The molecule has 0 amide bonds. The van der Waals surface area contributed by atoms with Crippen LogP contribution in [-0.4, -0.2) is 34.6 Å². The van der Waals surface area contributed by atoms with Gasteiger partial charge in [-0.1, -0.05) is 31.2 Å². The zero-order chi connectivity index (χ0) is 16.8. The van der Waals surface area contributed by atoms with E-state index in [1.54, 1.807) is 0 Å². The second-order valence-electron chi connectivity index (χ2n) is 6.24. The average molecular weight is 329 g/mol. The van der Waals surface area contributed by atoms with Crippen LogP contribution in [0.25, 0.3) is 0 Å². The van der Waals surface area contributed by atoms with Crippen molar-refractivity contribution in [3.8, 4) is 0 Å². The first kappa shape index (κ1) is 17.1. The van der Waals surface area contributed by atoms with Crippen LogP contribution in [-0.2, 0) is 29.0 Å². The summed E-state index contributed by atoms with van der Waals surface area (Å²) in [7, 11) is 0. The van der Waals surface area contributed by atoms with Crippen molar-refractivity contribution in [3.63, 3.8) is 0 Å². The van der Waals surface area contributed by atoms with Crippen LogP contribution in [0.2, 0.25) is 0 Å². The molecule has 3 rings (SSSR count). The van der Waals surface area contributed by atoms with E-state index in [0.717, 1.165) is 50.7 Å². The second-order valence-corrected chi connectivity index (χ2v) is 6.24. The van der Waals surface area contributed by atoms with E-state index >= 15 is 0 Å². The smallest absolute Gasteiger partial charge is 0.154 e. The topological polar surface area (TPSA) is 49.2 Å². The first-order valence-corrected chi connectivity index (χ1v) is 8.97. The summed E-state index contributed by atoms with van der Waals surface area (Å²) in [5.41, 5.74) is 2.60. The highest BCUT2D eigenvalue weighted by atomic mass is 16.5. The van der Waals surface area contributed by atoms with E-state index in [9.17, 15) is 0 Å². The molecular weight excluding hydrogens is 302 g/mol. The van der Waals surface area contributed by atoms with Gasteiger partial charge in [-0.15, -0.1) is 0 Å². The minimum absolute atomic E-state index is 0.405. The number of nitrogens with zero attached hydrogens (tertiary/aromatic N) is 3. The van der Waals surface area contributed by atoms with Crippen LogP contribution in [0.3, 0.4) is 0 Å². The number of hydrogen-bond donors (Lipinski definition) is 0. The minimum atomic E-state index is 0.405. The van der Waals surface area contributed by atoms with Gasteiger partial charge in [0.05, 0.1) is 6.54 Å². The Bertz CT molecular complexity index is 631. The highest BCUT2D eigenvalue weighted by Gasteiger charge is 2.22. The van der Waals surface area contributed by atoms with Gasteiger partial charge in [0.2, 0.25) is 0 Å². The van der Waals surface area contributed by atoms with E-state index < -0.39 is 0 Å². The van der Waals surface area contributed by atoms with Crippen molar-refractivity contribution < 1.29 is 9.47 Å². The Morgan fingerprint density at radius 2 is 1.83 bits per heavy atom. The fourth-order valence-electron chi connectivity index (χ4n) is 3.00. The molecule has 5 nitrogen and oxygen atoms in total. The van der Waals surface area contributed by atoms with Gasteiger partial charge in [0.15, 0.2) is 11.6 Å². The fraction of sp³-hybridized carbons (Fsp3) is 0.579.